The topological polar surface area (TPSA) is 258 Å². The summed E-state index contributed by atoms with van der Waals surface area (Å²) in [5.41, 5.74) is 15.7. The Morgan fingerprint density at radius 3 is 1.55 bits per heavy atom. The average molecular weight is 848 g/mol. The highest BCUT2D eigenvalue weighted by Crippen LogP contribution is 2.34. The number of aromatic nitrogens is 8. The van der Waals surface area contributed by atoms with E-state index in [1.165, 1.54) is 0 Å². The summed E-state index contributed by atoms with van der Waals surface area (Å²) >= 11 is 0. The maximum atomic E-state index is 13.8. The molecule has 0 saturated carbocycles. The molecule has 0 radical (unpaired) electrons. The number of imidazole rings is 2. The van der Waals surface area contributed by atoms with E-state index >= 15 is 0 Å². The van der Waals surface area contributed by atoms with Gasteiger partial charge in [-0.3, -0.25) is 44.1 Å². The van der Waals surface area contributed by atoms with Gasteiger partial charge < -0.3 is 35.2 Å². The molecule has 1 fully saturated rings. The molecule has 20 nitrogen and oxygen atoms in total. The van der Waals surface area contributed by atoms with Crippen LogP contribution in [0.2, 0.25) is 0 Å². The third-order valence-corrected chi connectivity index (χ3v) is 11.1. The zero-order valence-corrected chi connectivity index (χ0v) is 34.9. The number of hydrogen-bond donors (Lipinski definition) is 5. The van der Waals surface area contributed by atoms with Crippen LogP contribution in [0.4, 0.5) is 11.9 Å². The van der Waals surface area contributed by atoms with E-state index < -0.39 is 35.8 Å². The number of anilines is 2. The van der Waals surface area contributed by atoms with Crippen LogP contribution in [0.5, 0.6) is 11.5 Å². The SMILES string of the molecule is CCn1nc(C)cc1C(=O)Nc1nc2cc(C(N)=O)cc3c2n1C/C=C/Cn1c(NC(=O)c2cc(C)nn2CC)nc2cc(C(N)=O)cc(c21)OCC(N1CCC(O)CC1)CO3. The standard InChI is InChI=1S/C42H49N13O7/c1-5-54-31(15-23(3)49-54)39(59)47-41-45-29-17-25(37(43)57)19-33-35(29)52(41)11-7-8-12-53-36-30(46-42(53)48-40(60)32-16-24(4)50-55(32)6-2)18-26(38(44)58)20-34(36)62-22-27(21-61-33)51-13-9-28(56)10-14-51/h7-8,15-20,27-28,56H,5-6,9-14,21-22H2,1-4H3,(H2,43,57)(H2,44,58)(H,45,47,59)(H,46,48,60)/b8-7+. The number of nitrogens with one attached hydrogen (secondary N) is 2. The Balaban J connectivity index is 1.27. The number of carbonyl (C=O) groups excluding carboxylic acids is 4. The van der Waals surface area contributed by atoms with E-state index in [0.717, 1.165) is 0 Å². The number of aliphatic hydroxyl groups excluding tert-OH is 1. The van der Waals surface area contributed by atoms with Crippen molar-refractivity contribution in [1.29, 1.82) is 0 Å². The molecule has 324 valence electrons. The maximum absolute atomic E-state index is 13.8. The fourth-order valence-electron chi connectivity index (χ4n) is 8.02. The average Bonchev–Trinajstić information content (AvgIpc) is 4.01. The molecule has 62 heavy (non-hydrogen) atoms. The second-order valence-corrected chi connectivity index (χ2v) is 15.4. The first-order valence-electron chi connectivity index (χ1n) is 20.5. The van der Waals surface area contributed by atoms with Crippen molar-refractivity contribution in [3.8, 4) is 11.5 Å². The van der Waals surface area contributed by atoms with Crippen LogP contribution < -0.4 is 31.6 Å². The molecule has 6 heterocycles. The predicted molar refractivity (Wildman–Crippen MR) is 228 cm³/mol. The molecule has 6 aromatic rings. The quantitative estimate of drug-likeness (QED) is 0.132. The smallest absolute Gasteiger partial charge is 0.276 e. The summed E-state index contributed by atoms with van der Waals surface area (Å²) < 4.78 is 20.0. The third-order valence-electron chi connectivity index (χ3n) is 11.1. The first-order chi connectivity index (χ1) is 29.8. The Morgan fingerprint density at radius 2 is 1.15 bits per heavy atom. The van der Waals surface area contributed by atoms with E-state index in [1.54, 1.807) is 68.7 Å². The summed E-state index contributed by atoms with van der Waals surface area (Å²) in [6.45, 7) is 9.84. The molecule has 2 aromatic carbocycles. The van der Waals surface area contributed by atoms with Crippen molar-refractivity contribution in [2.24, 2.45) is 11.5 Å². The van der Waals surface area contributed by atoms with Crippen molar-refractivity contribution in [3.63, 3.8) is 0 Å². The lowest BCUT2D eigenvalue weighted by Crippen LogP contribution is -2.48. The molecule has 0 bridgehead atoms. The Labute approximate surface area is 355 Å². The van der Waals surface area contributed by atoms with Crippen LogP contribution in [0.25, 0.3) is 22.1 Å². The van der Waals surface area contributed by atoms with Crippen LogP contribution >= 0.6 is 0 Å². The van der Waals surface area contributed by atoms with E-state index in [2.05, 4.69) is 25.7 Å². The van der Waals surface area contributed by atoms with E-state index in [9.17, 15) is 24.3 Å². The number of aliphatic hydroxyl groups is 1. The zero-order valence-electron chi connectivity index (χ0n) is 34.9. The lowest BCUT2D eigenvalue weighted by Gasteiger charge is -2.36. The Kier molecular flexibility index (Phi) is 11.5. The molecule has 20 heteroatoms. The molecular weight excluding hydrogens is 799 g/mol. The fourth-order valence-corrected chi connectivity index (χ4v) is 8.02. The Morgan fingerprint density at radius 1 is 0.710 bits per heavy atom. The molecule has 2 aliphatic rings. The van der Waals surface area contributed by atoms with Crippen LogP contribution in [-0.4, -0.2) is 111 Å². The van der Waals surface area contributed by atoms with Gasteiger partial charge in [-0.25, -0.2) is 9.97 Å². The van der Waals surface area contributed by atoms with Crippen molar-refractivity contribution in [3.05, 3.63) is 82.5 Å². The number of nitrogens with two attached hydrogens (primary N) is 2. The summed E-state index contributed by atoms with van der Waals surface area (Å²) in [6.07, 6.45) is 4.32. The molecular formula is C42H49N13O7. The number of carbonyl (C=O) groups is 4. The number of likely N-dealkylation sites (tertiary alicyclic amines) is 1. The molecule has 0 aliphatic carbocycles. The monoisotopic (exact) mass is 847 g/mol. The van der Waals surface area contributed by atoms with Gasteiger partial charge in [0.15, 0.2) is 0 Å². The fraction of sp³-hybridized carbons (Fsp3) is 0.381. The molecule has 1 saturated heterocycles. The van der Waals surface area contributed by atoms with Crippen LogP contribution in [0.1, 0.15) is 79.8 Å². The number of piperidine rings is 1. The molecule has 2 aliphatic heterocycles. The van der Waals surface area contributed by atoms with Gasteiger partial charge in [0.1, 0.15) is 47.1 Å². The van der Waals surface area contributed by atoms with Crippen molar-refractivity contribution in [2.45, 2.75) is 78.9 Å². The van der Waals surface area contributed by atoms with Gasteiger partial charge in [-0.2, -0.15) is 10.2 Å². The highest BCUT2D eigenvalue weighted by Gasteiger charge is 2.29. The molecule has 8 rings (SSSR count). The molecule has 7 N–H and O–H groups in total. The number of aryl methyl sites for hydroxylation is 4. The van der Waals surface area contributed by atoms with Gasteiger partial charge in [0.25, 0.3) is 11.8 Å². The van der Waals surface area contributed by atoms with Crippen molar-refractivity contribution >= 4 is 57.6 Å². The highest BCUT2D eigenvalue weighted by molar-refractivity contribution is 6.05. The summed E-state index contributed by atoms with van der Waals surface area (Å²) in [4.78, 5) is 64.8. The Hall–Kier alpha value is -7.06. The minimum Gasteiger partial charge on any atom is -0.490 e. The third kappa shape index (κ3) is 8.20. The van der Waals surface area contributed by atoms with Crippen molar-refractivity contribution in [2.75, 3.05) is 36.9 Å². The number of primary amides is 2. The number of nitrogens with zero attached hydrogens (tertiary/aromatic N) is 9. The molecule has 0 unspecified atom stereocenters. The minimum atomic E-state index is -0.694. The van der Waals surface area contributed by atoms with Crippen molar-refractivity contribution < 1.29 is 33.8 Å². The van der Waals surface area contributed by atoms with Gasteiger partial charge in [0, 0.05) is 50.4 Å². The maximum Gasteiger partial charge on any atom is 0.276 e. The van der Waals surface area contributed by atoms with E-state index in [0.29, 0.717) is 95.4 Å². The molecule has 0 spiro atoms. The van der Waals surface area contributed by atoms with Crippen LogP contribution in [-0.2, 0) is 26.2 Å². The number of allylic oxidation sites excluding steroid dienone is 2. The minimum absolute atomic E-state index is 0.0504. The lowest BCUT2D eigenvalue weighted by molar-refractivity contribution is 0.0299. The number of benzene rings is 2. The largest absolute Gasteiger partial charge is 0.490 e. The van der Waals surface area contributed by atoms with E-state index in [-0.39, 0.29) is 49.3 Å². The van der Waals surface area contributed by atoms with Gasteiger partial charge in [-0.1, -0.05) is 12.2 Å². The van der Waals surface area contributed by atoms with Gasteiger partial charge in [0.05, 0.1) is 34.6 Å². The second-order valence-electron chi connectivity index (χ2n) is 15.4. The van der Waals surface area contributed by atoms with Crippen LogP contribution in [0, 0.1) is 13.8 Å². The Bertz CT molecular complexity index is 2580. The first kappa shape index (κ1) is 41.7. The highest BCUT2D eigenvalue weighted by atomic mass is 16.5. The number of hydrogen-bond acceptors (Lipinski definition) is 12. The predicted octanol–water partition coefficient (Wildman–Crippen LogP) is 2.99. The number of amides is 4. The second kappa shape index (κ2) is 17.1. The van der Waals surface area contributed by atoms with E-state index in [4.69, 9.17) is 30.9 Å². The lowest BCUT2D eigenvalue weighted by atomic mass is 10.1. The molecule has 0 atom stereocenters. The van der Waals surface area contributed by atoms with Gasteiger partial charge >= 0.3 is 0 Å². The first-order valence-corrected chi connectivity index (χ1v) is 20.5. The van der Waals surface area contributed by atoms with Gasteiger partial charge in [0.2, 0.25) is 23.7 Å². The number of ether oxygens (including phenoxy) is 2. The summed E-state index contributed by atoms with van der Waals surface area (Å²) in [7, 11) is 0. The molecule has 4 aromatic heterocycles. The van der Waals surface area contributed by atoms with Gasteiger partial charge in [-0.15, -0.1) is 0 Å². The van der Waals surface area contributed by atoms with E-state index in [1.807, 2.05) is 26.0 Å². The summed E-state index contributed by atoms with van der Waals surface area (Å²) in [5, 5.41) is 25.2. The van der Waals surface area contributed by atoms with Gasteiger partial charge in [-0.05, 0) is 76.9 Å². The normalized spacial score (nSPS) is 16.0. The molecule has 4 amide bonds. The zero-order chi connectivity index (χ0) is 43.8. The number of rotatable bonds is 9. The summed E-state index contributed by atoms with van der Waals surface area (Å²) in [5.74, 6) is -1.30. The summed E-state index contributed by atoms with van der Waals surface area (Å²) in [6, 6.07) is 9.18. The van der Waals surface area contributed by atoms with Crippen LogP contribution in [0.3, 0.4) is 0 Å². The van der Waals surface area contributed by atoms with Crippen LogP contribution in [0.15, 0.2) is 48.6 Å². The van der Waals surface area contributed by atoms with Crippen molar-refractivity contribution in [1.82, 2.24) is 43.6 Å².